The van der Waals surface area contributed by atoms with Crippen molar-refractivity contribution in [1.82, 2.24) is 9.80 Å². The number of benzene rings is 1. The number of rotatable bonds is 65. The molecule has 0 aromatic heterocycles. The fourth-order valence-corrected chi connectivity index (χ4v) is 17.0. The Kier molecular flexibility index (Phi) is 53.4. The van der Waals surface area contributed by atoms with E-state index in [9.17, 15) is 9.59 Å². The zero-order chi connectivity index (χ0) is 68.3. The summed E-state index contributed by atoms with van der Waals surface area (Å²) in [5.74, 6) is -0.635. The number of carbonyl (C=O) groups excluding carboxylic acids is 2. The molecule has 0 radical (unpaired) electrons. The normalized spacial score (nSPS) is 15.2. The average molecular weight is 1340 g/mol. The standard InChI is InChI=1S/C80H158N2O7Si3/c1-18-22-26-30-34-38-42-47-55-70(5)65-81(66-75(87-90(9,10)11)60-50-43-39-35-31-27-23-19-2)63-53-56-71(6)73(8)79(83)86-78(80(84)85-69-74-58-48-46-49-59-74)72(7)57-54-64-82(67-76(88-91(12,13)14)61-51-44-40-36-32-28-24-20-3)68-77(89-92(15,16)17)62-52-45-41-37-33-29-25-21-4/h46,48-49,58-59,70-73,75-78H,18-45,47,50-57,60-69H2,1-17H3. The lowest BCUT2D eigenvalue weighted by molar-refractivity contribution is -0.175. The quantitative estimate of drug-likeness (QED) is 0.0360. The van der Waals surface area contributed by atoms with E-state index >= 15 is 0 Å². The smallest absolute Gasteiger partial charge is 0.348 e. The largest absolute Gasteiger partial charge is 0.458 e. The van der Waals surface area contributed by atoms with Crippen LogP contribution in [0.25, 0.3) is 0 Å². The van der Waals surface area contributed by atoms with Crippen LogP contribution in [0.4, 0.5) is 0 Å². The van der Waals surface area contributed by atoms with Crippen molar-refractivity contribution in [3.63, 3.8) is 0 Å². The van der Waals surface area contributed by atoms with Gasteiger partial charge in [-0.25, -0.2) is 4.79 Å². The van der Waals surface area contributed by atoms with Crippen LogP contribution >= 0.6 is 0 Å². The Bertz CT molecular complexity index is 1800. The van der Waals surface area contributed by atoms with Crippen molar-refractivity contribution in [2.24, 2.45) is 23.7 Å². The van der Waals surface area contributed by atoms with Crippen molar-refractivity contribution in [1.29, 1.82) is 0 Å². The molecule has 12 heteroatoms. The van der Waals surface area contributed by atoms with E-state index in [1.807, 2.05) is 37.3 Å². The molecule has 8 unspecified atom stereocenters. The van der Waals surface area contributed by atoms with Gasteiger partial charge in [-0.15, -0.1) is 0 Å². The predicted octanol–water partition coefficient (Wildman–Crippen LogP) is 24.1. The van der Waals surface area contributed by atoms with Crippen LogP contribution in [-0.2, 0) is 38.9 Å². The lowest BCUT2D eigenvalue weighted by atomic mass is 9.91. The van der Waals surface area contributed by atoms with Gasteiger partial charge in [-0.3, -0.25) is 9.69 Å². The molecule has 0 aliphatic heterocycles. The van der Waals surface area contributed by atoms with Crippen molar-refractivity contribution < 1.29 is 32.3 Å². The van der Waals surface area contributed by atoms with Gasteiger partial charge in [0, 0.05) is 32.1 Å². The summed E-state index contributed by atoms with van der Waals surface area (Å²) in [6, 6.07) is 9.88. The van der Waals surface area contributed by atoms with Gasteiger partial charge in [0.25, 0.3) is 0 Å². The zero-order valence-corrected chi connectivity index (χ0v) is 67.5. The molecule has 92 heavy (non-hydrogen) atoms. The highest BCUT2D eigenvalue weighted by Gasteiger charge is 2.35. The maximum absolute atomic E-state index is 14.6. The Hall–Kier alpha value is -1.39. The molecule has 1 aromatic carbocycles. The van der Waals surface area contributed by atoms with Gasteiger partial charge < -0.3 is 27.7 Å². The Morgan fingerprint density at radius 2 is 0.685 bits per heavy atom. The van der Waals surface area contributed by atoms with Crippen molar-refractivity contribution >= 4 is 36.9 Å². The van der Waals surface area contributed by atoms with Crippen molar-refractivity contribution in [3.8, 4) is 0 Å². The van der Waals surface area contributed by atoms with Gasteiger partial charge in [0.1, 0.15) is 6.61 Å². The second-order valence-electron chi connectivity index (χ2n) is 32.2. The highest BCUT2D eigenvalue weighted by atomic mass is 28.4. The molecule has 0 amide bonds. The van der Waals surface area contributed by atoms with Gasteiger partial charge >= 0.3 is 11.9 Å². The first-order valence-electron chi connectivity index (χ1n) is 39.8. The van der Waals surface area contributed by atoms with Crippen LogP contribution in [0.3, 0.4) is 0 Å². The molecule has 0 N–H and O–H groups in total. The molecule has 8 atom stereocenters. The third kappa shape index (κ3) is 51.8. The number of hydrogen-bond acceptors (Lipinski definition) is 9. The van der Waals surface area contributed by atoms with Crippen LogP contribution in [0.1, 0.15) is 318 Å². The van der Waals surface area contributed by atoms with Gasteiger partial charge in [0.15, 0.2) is 25.0 Å². The summed E-state index contributed by atoms with van der Waals surface area (Å²) >= 11 is 0. The van der Waals surface area contributed by atoms with Gasteiger partial charge in [0.05, 0.1) is 24.2 Å². The van der Waals surface area contributed by atoms with Crippen LogP contribution in [-0.4, -0.2) is 110 Å². The lowest BCUT2D eigenvalue weighted by Crippen LogP contribution is -2.45. The summed E-state index contributed by atoms with van der Waals surface area (Å²) in [5, 5.41) is 0. The molecular weight excluding hydrogens is 1190 g/mol. The summed E-state index contributed by atoms with van der Waals surface area (Å²) in [7, 11) is -5.47. The molecule has 1 aromatic rings. The van der Waals surface area contributed by atoms with E-state index in [2.05, 4.69) is 117 Å². The third-order valence-electron chi connectivity index (χ3n) is 18.9. The van der Waals surface area contributed by atoms with Crippen molar-refractivity contribution in [2.75, 3.05) is 39.3 Å². The van der Waals surface area contributed by atoms with Gasteiger partial charge in [-0.05, 0) is 141 Å². The average Bonchev–Trinajstić information content (AvgIpc) is 1.24. The van der Waals surface area contributed by atoms with Gasteiger partial charge in [-0.2, -0.15) is 0 Å². The fraction of sp³-hybridized carbons (Fsp3) is 0.900. The lowest BCUT2D eigenvalue weighted by Gasteiger charge is -2.36. The first-order valence-corrected chi connectivity index (χ1v) is 50.0. The van der Waals surface area contributed by atoms with Crippen LogP contribution in [0.2, 0.25) is 58.9 Å². The summed E-state index contributed by atoms with van der Waals surface area (Å²) in [6.45, 7) is 44.9. The fourth-order valence-electron chi connectivity index (χ4n) is 13.5. The topological polar surface area (TPSA) is 86.8 Å². The van der Waals surface area contributed by atoms with Crippen LogP contribution in [0.15, 0.2) is 30.3 Å². The Labute approximate surface area is 576 Å². The van der Waals surface area contributed by atoms with E-state index in [0.29, 0.717) is 5.92 Å². The van der Waals surface area contributed by atoms with E-state index in [0.717, 1.165) is 89.8 Å². The summed E-state index contributed by atoms with van der Waals surface area (Å²) in [5.41, 5.74) is 0.920. The predicted molar refractivity (Wildman–Crippen MR) is 408 cm³/mol. The van der Waals surface area contributed by atoms with Gasteiger partial charge in [-0.1, -0.05) is 291 Å². The second kappa shape index (κ2) is 55.5. The molecule has 9 nitrogen and oxygen atoms in total. The molecule has 0 aliphatic carbocycles. The number of carbonyl (C=O) groups is 2. The number of esters is 2. The molecule has 1 rings (SSSR count). The van der Waals surface area contributed by atoms with Crippen molar-refractivity contribution in [2.45, 2.75) is 402 Å². The number of unbranched alkanes of at least 4 members (excludes halogenated alkanes) is 28. The minimum Gasteiger partial charge on any atom is -0.458 e. The first kappa shape index (κ1) is 88.6. The number of hydrogen-bond donors (Lipinski definition) is 0. The SMILES string of the molecule is CCCCCCCCCCC(C)CN(CCCC(C)C(C)C(=O)OC(C(=O)OCc1ccccc1)C(C)CCCN(CC(CCCCCCCCCC)O[Si](C)(C)C)CC(CCCCCCCCCC)O[Si](C)(C)C)CC(CCCCCCCCCC)O[Si](C)(C)C. The highest BCUT2D eigenvalue weighted by Crippen LogP contribution is 2.27. The van der Waals surface area contributed by atoms with Gasteiger partial charge in [0.2, 0.25) is 6.10 Å². The third-order valence-corrected chi connectivity index (χ3v) is 22.0. The number of nitrogens with zero attached hydrogens (tertiary/aromatic N) is 2. The minimum absolute atomic E-state index is 0.0875. The Morgan fingerprint density at radius 1 is 0.370 bits per heavy atom. The highest BCUT2D eigenvalue weighted by molar-refractivity contribution is 6.70. The maximum Gasteiger partial charge on any atom is 0.348 e. The van der Waals surface area contributed by atoms with Crippen molar-refractivity contribution in [3.05, 3.63) is 35.9 Å². The summed E-state index contributed by atoms with van der Waals surface area (Å²) < 4.78 is 33.8. The molecular formula is C80H158N2O7Si3. The molecule has 0 saturated carbocycles. The van der Waals surface area contributed by atoms with E-state index < -0.39 is 37.0 Å². The maximum atomic E-state index is 14.6. The molecule has 0 bridgehead atoms. The Balaban J connectivity index is 3.41. The molecule has 0 aliphatic rings. The molecule has 542 valence electrons. The monoisotopic (exact) mass is 1340 g/mol. The van der Waals surface area contributed by atoms with E-state index in [1.54, 1.807) is 0 Å². The zero-order valence-electron chi connectivity index (χ0n) is 64.5. The molecule has 0 fully saturated rings. The van der Waals surface area contributed by atoms with Crippen LogP contribution in [0, 0.1) is 23.7 Å². The molecule has 0 saturated heterocycles. The summed E-state index contributed by atoms with van der Waals surface area (Å²) in [6.07, 6.45) is 50.0. The summed E-state index contributed by atoms with van der Waals surface area (Å²) in [4.78, 5) is 34.4. The molecule has 0 heterocycles. The second-order valence-corrected chi connectivity index (χ2v) is 45.6. The minimum atomic E-state index is -1.85. The first-order chi connectivity index (χ1) is 43.9. The van der Waals surface area contributed by atoms with Crippen LogP contribution < -0.4 is 0 Å². The number of ether oxygens (including phenoxy) is 2. The van der Waals surface area contributed by atoms with E-state index in [1.165, 1.54) is 212 Å². The van der Waals surface area contributed by atoms with E-state index in [4.69, 9.17) is 22.8 Å². The van der Waals surface area contributed by atoms with Crippen LogP contribution in [0.5, 0.6) is 0 Å². The van der Waals surface area contributed by atoms with E-state index in [-0.39, 0.29) is 48.6 Å². The Morgan fingerprint density at radius 3 is 1.03 bits per heavy atom. The molecule has 0 spiro atoms.